The van der Waals surface area contributed by atoms with Gasteiger partial charge in [-0.1, -0.05) is 0 Å². The van der Waals surface area contributed by atoms with Crippen LogP contribution in [0.15, 0.2) is 0 Å². The van der Waals surface area contributed by atoms with Crippen molar-refractivity contribution in [3.05, 3.63) is 0 Å². The molecule has 0 atom stereocenters. The maximum Gasteiger partial charge on any atom is 0.437 e. The summed E-state index contributed by atoms with van der Waals surface area (Å²) in [5.41, 5.74) is 0. The first-order valence-corrected chi connectivity index (χ1v) is 5.61. The second-order valence-corrected chi connectivity index (χ2v) is 4.46. The minimum absolute atomic E-state index is 0. The molecule has 0 amide bonds. The Bertz CT molecular complexity index is 414. The second-order valence-electron chi connectivity index (χ2n) is 2.50. The molecule has 4 nitrogen and oxygen atoms in total. The summed E-state index contributed by atoms with van der Waals surface area (Å²) in [4.78, 5) is 0. The summed E-state index contributed by atoms with van der Waals surface area (Å²) in [5, 5.41) is -11.3. The van der Waals surface area contributed by atoms with Crippen LogP contribution in [0.3, 0.4) is 0 Å². The van der Waals surface area contributed by atoms with Crippen LogP contribution in [0, 0.1) is 0 Å². The van der Waals surface area contributed by atoms with E-state index in [2.05, 4.69) is 0 Å². The molecular formula is C4F10O4S2Y-2. The Balaban J connectivity index is -0.000000295. The summed E-state index contributed by atoms with van der Waals surface area (Å²) >= 11 is 0. The summed E-state index contributed by atoms with van der Waals surface area (Å²) in [6.07, 6.45) is -12.1. The average Bonchev–Trinajstić information content (AvgIpc) is 2.14. The molecule has 0 aromatic carbocycles. The Kier molecular flexibility index (Phi) is 10.3. The Labute approximate surface area is 137 Å². The molecule has 0 bridgehead atoms. The van der Waals surface area contributed by atoms with E-state index in [1.165, 1.54) is 0 Å². The molecule has 0 fully saturated rings. The van der Waals surface area contributed by atoms with Gasteiger partial charge in [0.1, 0.15) is 0 Å². The molecule has 0 spiro atoms. The van der Waals surface area contributed by atoms with Crippen molar-refractivity contribution in [1.82, 2.24) is 0 Å². The number of rotatable bonds is 2. The molecule has 21 heavy (non-hydrogen) atoms. The first kappa shape index (κ1) is 26.2. The molecular weight excluding hydrogens is 455 g/mol. The largest absolute Gasteiger partial charge is 0.437 e. The van der Waals surface area contributed by atoms with Crippen molar-refractivity contribution in [3.63, 3.8) is 0 Å². The van der Waals surface area contributed by atoms with Gasteiger partial charge in [0.15, 0.2) is 0 Å². The predicted molar refractivity (Wildman–Crippen MR) is 39.5 cm³/mol. The van der Waals surface area contributed by atoms with Crippen LogP contribution in [-0.4, -0.2) is 22.9 Å². The van der Waals surface area contributed by atoms with E-state index in [1.54, 1.807) is 0 Å². The molecule has 17 heteroatoms. The van der Waals surface area contributed by atoms with Gasteiger partial charge >= 0.3 is 22.9 Å². The van der Waals surface area contributed by atoms with Crippen LogP contribution in [0.25, 0.3) is 0 Å². The van der Waals surface area contributed by atoms with Gasteiger partial charge in [0, 0.05) is 54.1 Å². The van der Waals surface area contributed by atoms with Crippen LogP contribution in [0.4, 0.5) is 43.9 Å². The van der Waals surface area contributed by atoms with Crippen LogP contribution < -0.4 is 0 Å². The normalized spacial score (nSPS) is 13.5. The third-order valence-corrected chi connectivity index (χ3v) is 2.38. The summed E-state index contributed by atoms with van der Waals surface area (Å²) in [7, 11) is -8.91. The van der Waals surface area contributed by atoms with Gasteiger partial charge in [-0.15, -0.1) is 0 Å². The third-order valence-electron chi connectivity index (χ3n) is 1.08. The van der Waals surface area contributed by atoms with Crippen molar-refractivity contribution < 1.29 is 93.4 Å². The molecule has 0 aliphatic heterocycles. The number of hydrogen-bond donors (Lipinski definition) is 0. The molecule has 0 saturated heterocycles. The van der Waals surface area contributed by atoms with Crippen LogP contribution in [0.2, 0.25) is 0 Å². The van der Waals surface area contributed by atoms with Gasteiger partial charge in [-0.3, -0.25) is 0 Å². The van der Waals surface area contributed by atoms with Crippen LogP contribution in [0.1, 0.15) is 0 Å². The van der Waals surface area contributed by atoms with Crippen LogP contribution in [0.5, 0.6) is 0 Å². The van der Waals surface area contributed by atoms with Gasteiger partial charge < -0.3 is 16.8 Å². The van der Waals surface area contributed by atoms with Gasteiger partial charge in [0.2, 0.25) is 0 Å². The molecule has 0 unspecified atom stereocenters. The van der Waals surface area contributed by atoms with E-state index in [1.807, 2.05) is 0 Å². The molecule has 0 heterocycles. The summed E-state index contributed by atoms with van der Waals surface area (Å²) in [6.45, 7) is 0. The zero-order valence-corrected chi connectivity index (χ0v) is 13.3. The Morgan fingerprint density at radius 2 is 0.619 bits per heavy atom. The quantitative estimate of drug-likeness (QED) is 0.475. The standard InChI is InChI=1S/2C2F5O2S.Y/c2*3-1(4,5)2(6,7)10(8)9;/q2*-1;. The average molecular weight is 455 g/mol. The Morgan fingerprint density at radius 3 is 0.619 bits per heavy atom. The number of halogens is 10. The first-order valence-electron chi connectivity index (χ1n) is 3.46. The molecule has 0 aromatic rings. The fourth-order valence-electron chi connectivity index (χ4n) is 0.189. The Morgan fingerprint density at radius 1 is 0.476 bits per heavy atom. The van der Waals surface area contributed by atoms with E-state index in [0.29, 0.717) is 0 Å². The zero-order chi connectivity index (χ0) is 17.2. The van der Waals surface area contributed by atoms with Crippen molar-refractivity contribution in [2.45, 2.75) is 22.9 Å². The van der Waals surface area contributed by atoms with E-state index in [9.17, 15) is 60.7 Å². The Hall–Kier alpha value is 0.304. The van der Waals surface area contributed by atoms with Gasteiger partial charge in [-0.2, -0.15) is 26.3 Å². The van der Waals surface area contributed by atoms with Gasteiger partial charge in [0.25, 0.3) is 0 Å². The van der Waals surface area contributed by atoms with E-state index >= 15 is 0 Å². The first-order chi connectivity index (χ1) is 8.39. The van der Waals surface area contributed by atoms with E-state index in [-0.39, 0.29) is 32.7 Å². The third kappa shape index (κ3) is 7.41. The molecule has 0 rings (SSSR count). The molecule has 0 aliphatic rings. The van der Waals surface area contributed by atoms with E-state index in [4.69, 9.17) is 0 Å². The van der Waals surface area contributed by atoms with Crippen molar-refractivity contribution in [2.24, 2.45) is 0 Å². The molecule has 0 saturated carbocycles. The van der Waals surface area contributed by atoms with Crippen LogP contribution >= 0.6 is 0 Å². The molecule has 1 radical (unpaired) electrons. The molecule has 127 valence electrons. The smallest absolute Gasteiger partial charge is 0.418 e. The van der Waals surface area contributed by atoms with Gasteiger partial charge in [-0.25, -0.2) is 17.6 Å². The summed E-state index contributed by atoms with van der Waals surface area (Å²) in [5.74, 6) is 0. The zero-order valence-electron chi connectivity index (χ0n) is 8.81. The summed E-state index contributed by atoms with van der Waals surface area (Å²) < 4.78 is 148. The van der Waals surface area contributed by atoms with Crippen LogP contribution in [-0.2, 0) is 71.0 Å². The van der Waals surface area contributed by atoms with Gasteiger partial charge in [-0.05, 0) is 0 Å². The fraction of sp³-hybridized carbons (Fsp3) is 1.00. The van der Waals surface area contributed by atoms with Crippen molar-refractivity contribution >= 4 is 21.4 Å². The summed E-state index contributed by atoms with van der Waals surface area (Å²) in [6, 6.07) is 0. The van der Waals surface area contributed by atoms with Crippen molar-refractivity contribution in [2.75, 3.05) is 0 Å². The SMILES string of the molecule is O=[S-](=O)C(F)(F)C(F)(F)F.O=[S-](=O)C(F)(F)C(F)(F)F.[Y]. The van der Waals surface area contributed by atoms with Crippen molar-refractivity contribution in [1.29, 1.82) is 0 Å². The minimum Gasteiger partial charge on any atom is -0.418 e. The fourth-order valence-corrected chi connectivity index (χ4v) is 0.567. The number of alkyl halides is 10. The van der Waals surface area contributed by atoms with E-state index < -0.39 is 44.3 Å². The second kappa shape index (κ2) is 8.24. The predicted octanol–water partition coefficient (Wildman–Crippen LogP) is 2.90. The van der Waals surface area contributed by atoms with Crippen molar-refractivity contribution in [3.8, 4) is 0 Å². The maximum atomic E-state index is 11.3. The monoisotopic (exact) mass is 455 g/mol. The molecule has 0 aliphatic carbocycles. The molecule has 0 N–H and O–H groups in total. The topological polar surface area (TPSA) is 68.3 Å². The maximum absolute atomic E-state index is 11.3. The minimum atomic E-state index is -6.03. The van der Waals surface area contributed by atoms with Gasteiger partial charge in [0.05, 0.1) is 0 Å². The van der Waals surface area contributed by atoms with E-state index in [0.717, 1.165) is 0 Å². The number of hydrogen-bond acceptors (Lipinski definition) is 6. The molecule has 0 aromatic heterocycles.